The Labute approximate surface area is 199 Å². The third kappa shape index (κ3) is 4.55. The number of nitrogens with zero attached hydrogens (tertiary/aromatic N) is 6. The van der Waals surface area contributed by atoms with E-state index in [1.54, 1.807) is 61.5 Å². The van der Waals surface area contributed by atoms with Gasteiger partial charge in [0.25, 0.3) is 5.91 Å². The number of hydroxylamine groups is 1. The fourth-order valence-electron chi connectivity index (χ4n) is 3.84. The van der Waals surface area contributed by atoms with Crippen molar-refractivity contribution in [3.8, 4) is 11.1 Å². The summed E-state index contributed by atoms with van der Waals surface area (Å²) < 4.78 is 22.0. The maximum Gasteiger partial charge on any atom is 0.414 e. The third-order valence-electron chi connectivity index (χ3n) is 5.65. The standard InChI is InChI=1S/C23H22FN7O4/c1-29(2)22(32)21-10-20(27-35-21)19-6-3-14(11-25-19)17-5-4-15(9-18(17)24)31-13-16(34-23(31)33)12-30-8-7-26-28-30/h3-11,16,21,27H,12-13H2,1-2H3/t16-,21?/m0/s1. The normalized spacial score (nSPS) is 19.3. The van der Waals surface area contributed by atoms with Gasteiger partial charge in [-0.3, -0.25) is 25.0 Å². The molecule has 180 valence electrons. The highest BCUT2D eigenvalue weighted by Gasteiger charge is 2.33. The van der Waals surface area contributed by atoms with E-state index in [1.165, 1.54) is 22.1 Å². The molecule has 1 N–H and O–H groups in total. The van der Waals surface area contributed by atoms with Crippen LogP contribution in [-0.4, -0.2) is 69.7 Å². The molecule has 1 fully saturated rings. The molecule has 1 aromatic carbocycles. The number of amides is 2. The topological polar surface area (TPSA) is 115 Å². The zero-order chi connectivity index (χ0) is 24.5. The van der Waals surface area contributed by atoms with Crippen molar-refractivity contribution in [2.75, 3.05) is 25.5 Å². The first-order valence-corrected chi connectivity index (χ1v) is 10.8. The van der Waals surface area contributed by atoms with Crippen LogP contribution in [0.15, 0.2) is 55.0 Å². The van der Waals surface area contributed by atoms with Crippen molar-refractivity contribution >= 4 is 23.4 Å². The Balaban J connectivity index is 1.29. The molecular weight excluding hydrogens is 457 g/mol. The number of ether oxygens (including phenoxy) is 1. The number of nitrogens with one attached hydrogen (secondary N) is 1. The van der Waals surface area contributed by atoms with Gasteiger partial charge in [-0.05, 0) is 30.3 Å². The number of hydrogen-bond donors (Lipinski definition) is 1. The van der Waals surface area contributed by atoms with Crippen LogP contribution in [0, 0.1) is 5.82 Å². The van der Waals surface area contributed by atoms with Gasteiger partial charge in [0.1, 0.15) is 11.9 Å². The Morgan fingerprint density at radius 3 is 2.83 bits per heavy atom. The summed E-state index contributed by atoms with van der Waals surface area (Å²) in [6.45, 7) is 0.635. The number of carbonyl (C=O) groups is 2. The number of benzene rings is 1. The number of aromatic nitrogens is 4. The van der Waals surface area contributed by atoms with Gasteiger partial charge in [0.15, 0.2) is 6.10 Å². The number of cyclic esters (lactones) is 1. The predicted octanol–water partition coefficient (Wildman–Crippen LogP) is 1.84. The molecule has 2 amide bonds. The second-order valence-electron chi connectivity index (χ2n) is 8.29. The van der Waals surface area contributed by atoms with Gasteiger partial charge >= 0.3 is 6.09 Å². The molecule has 2 aliphatic rings. The highest BCUT2D eigenvalue weighted by atomic mass is 19.1. The maximum absolute atomic E-state index is 15.0. The number of pyridine rings is 1. The molecule has 35 heavy (non-hydrogen) atoms. The predicted molar refractivity (Wildman–Crippen MR) is 122 cm³/mol. The van der Waals surface area contributed by atoms with Crippen LogP contribution in [0.2, 0.25) is 0 Å². The van der Waals surface area contributed by atoms with Crippen molar-refractivity contribution in [3.63, 3.8) is 0 Å². The molecule has 0 saturated carbocycles. The van der Waals surface area contributed by atoms with E-state index in [0.717, 1.165) is 0 Å². The Hall–Kier alpha value is -4.32. The van der Waals surface area contributed by atoms with E-state index < -0.39 is 24.1 Å². The SMILES string of the molecule is CN(C)C(=O)C1C=C(c2ccc(-c3ccc(N4C[C@H](Cn5ccnn5)OC4=O)cc3F)cn2)NO1. The van der Waals surface area contributed by atoms with E-state index in [9.17, 15) is 9.59 Å². The lowest BCUT2D eigenvalue weighted by Crippen LogP contribution is -2.33. The van der Waals surface area contributed by atoms with Crippen LogP contribution in [-0.2, 0) is 20.9 Å². The molecule has 12 heteroatoms. The van der Waals surface area contributed by atoms with Gasteiger partial charge in [0.2, 0.25) is 0 Å². The molecule has 1 unspecified atom stereocenters. The van der Waals surface area contributed by atoms with E-state index >= 15 is 4.39 Å². The second kappa shape index (κ2) is 9.14. The summed E-state index contributed by atoms with van der Waals surface area (Å²) in [6.07, 6.45) is 4.71. The molecule has 0 bridgehead atoms. The van der Waals surface area contributed by atoms with Crippen molar-refractivity contribution in [3.05, 3.63) is 66.5 Å². The van der Waals surface area contributed by atoms with Crippen molar-refractivity contribution in [2.24, 2.45) is 0 Å². The molecule has 0 aliphatic carbocycles. The highest BCUT2D eigenvalue weighted by Crippen LogP contribution is 2.30. The molecule has 0 radical (unpaired) electrons. The molecule has 3 aromatic rings. The van der Waals surface area contributed by atoms with E-state index in [0.29, 0.717) is 34.8 Å². The van der Waals surface area contributed by atoms with Crippen LogP contribution >= 0.6 is 0 Å². The van der Waals surface area contributed by atoms with E-state index in [1.807, 2.05) is 0 Å². The van der Waals surface area contributed by atoms with Crippen molar-refractivity contribution in [1.82, 2.24) is 30.4 Å². The Morgan fingerprint density at radius 1 is 1.29 bits per heavy atom. The summed E-state index contributed by atoms with van der Waals surface area (Å²) in [6, 6.07) is 8.00. The zero-order valence-corrected chi connectivity index (χ0v) is 19.0. The number of anilines is 1. The van der Waals surface area contributed by atoms with Gasteiger partial charge < -0.3 is 9.64 Å². The number of halogens is 1. The molecular formula is C23H22FN7O4. The molecule has 0 spiro atoms. The van der Waals surface area contributed by atoms with Crippen LogP contribution in [0.5, 0.6) is 0 Å². The summed E-state index contributed by atoms with van der Waals surface area (Å²) >= 11 is 0. The van der Waals surface area contributed by atoms with Crippen molar-refractivity contribution < 1.29 is 23.6 Å². The number of hydrogen-bond acceptors (Lipinski definition) is 8. The van der Waals surface area contributed by atoms with Gasteiger partial charge in [-0.15, -0.1) is 5.10 Å². The van der Waals surface area contributed by atoms with E-state index in [-0.39, 0.29) is 12.5 Å². The summed E-state index contributed by atoms with van der Waals surface area (Å²) in [5.41, 5.74) is 5.12. The molecule has 2 aromatic heterocycles. The minimum atomic E-state index is -0.737. The minimum Gasteiger partial charge on any atom is -0.442 e. The average molecular weight is 479 g/mol. The highest BCUT2D eigenvalue weighted by molar-refractivity contribution is 5.90. The van der Waals surface area contributed by atoms with E-state index in [4.69, 9.17) is 9.57 Å². The first-order chi connectivity index (χ1) is 16.9. The lowest BCUT2D eigenvalue weighted by Gasteiger charge is -2.14. The molecule has 2 atom stereocenters. The molecule has 5 rings (SSSR count). The summed E-state index contributed by atoms with van der Waals surface area (Å²) in [7, 11) is 3.29. The number of carbonyl (C=O) groups excluding carboxylic acids is 2. The van der Waals surface area contributed by atoms with Gasteiger partial charge in [0.05, 0.1) is 36.4 Å². The van der Waals surface area contributed by atoms with Gasteiger partial charge in [-0.1, -0.05) is 11.3 Å². The van der Waals surface area contributed by atoms with Gasteiger partial charge in [0, 0.05) is 37.6 Å². The average Bonchev–Trinajstić information content (AvgIpc) is 3.60. The van der Waals surface area contributed by atoms with Crippen LogP contribution in [0.3, 0.4) is 0 Å². The largest absolute Gasteiger partial charge is 0.442 e. The van der Waals surface area contributed by atoms with Crippen LogP contribution in [0.1, 0.15) is 5.69 Å². The fraction of sp³-hybridized carbons (Fsp3) is 0.261. The molecule has 4 heterocycles. The van der Waals surface area contributed by atoms with Crippen LogP contribution < -0.4 is 10.4 Å². The number of likely N-dealkylation sites (N-methyl/N-ethyl adjacent to an activating group) is 1. The van der Waals surface area contributed by atoms with Gasteiger partial charge in [-0.2, -0.15) is 0 Å². The summed E-state index contributed by atoms with van der Waals surface area (Å²) in [5.74, 6) is -0.694. The minimum absolute atomic E-state index is 0.196. The second-order valence-corrected chi connectivity index (χ2v) is 8.29. The number of rotatable bonds is 6. The first-order valence-electron chi connectivity index (χ1n) is 10.8. The fourth-order valence-corrected chi connectivity index (χ4v) is 3.84. The summed E-state index contributed by atoms with van der Waals surface area (Å²) in [5, 5.41) is 7.60. The molecule has 2 aliphatic heterocycles. The quantitative estimate of drug-likeness (QED) is 0.570. The first kappa shape index (κ1) is 22.5. The Morgan fingerprint density at radius 2 is 2.14 bits per heavy atom. The Kier molecular flexibility index (Phi) is 5.87. The van der Waals surface area contributed by atoms with Gasteiger partial charge in [-0.25, -0.2) is 13.9 Å². The lowest BCUT2D eigenvalue weighted by molar-refractivity contribution is -0.139. The van der Waals surface area contributed by atoms with Crippen LogP contribution in [0.4, 0.5) is 14.9 Å². The third-order valence-corrected chi connectivity index (χ3v) is 5.65. The monoisotopic (exact) mass is 479 g/mol. The lowest BCUT2D eigenvalue weighted by atomic mass is 10.1. The maximum atomic E-state index is 15.0. The molecule has 11 nitrogen and oxygen atoms in total. The van der Waals surface area contributed by atoms with Crippen molar-refractivity contribution in [2.45, 2.75) is 18.8 Å². The van der Waals surface area contributed by atoms with Crippen molar-refractivity contribution in [1.29, 1.82) is 0 Å². The summed E-state index contributed by atoms with van der Waals surface area (Å²) in [4.78, 5) is 36.9. The van der Waals surface area contributed by atoms with Crippen LogP contribution in [0.25, 0.3) is 16.8 Å². The Bertz CT molecular complexity index is 1280. The zero-order valence-electron chi connectivity index (χ0n) is 19.0. The smallest absolute Gasteiger partial charge is 0.414 e. The van der Waals surface area contributed by atoms with E-state index in [2.05, 4.69) is 20.8 Å². The molecule has 1 saturated heterocycles.